The summed E-state index contributed by atoms with van der Waals surface area (Å²) >= 11 is 0. The standard InChI is InChI=1S/C34H69NO/c1-6-8-10-11-16-20-24-28-34(29-30-35(4)5)32-36-31-25-21-18-15-13-12-14-17-19-23-27-33(3)26-22-9-7-2/h17,19,33-34H,6-16,18,20-32H2,1-5H3. The highest BCUT2D eigenvalue weighted by atomic mass is 16.5. The summed E-state index contributed by atoms with van der Waals surface area (Å²) in [6, 6.07) is 0. The molecule has 216 valence electrons. The van der Waals surface area contributed by atoms with Crippen LogP contribution in [0.15, 0.2) is 12.2 Å². The second-order valence-corrected chi connectivity index (χ2v) is 12.0. The quantitative estimate of drug-likeness (QED) is 0.0737. The predicted octanol–water partition coefficient (Wildman–Crippen LogP) is 11.0. The van der Waals surface area contributed by atoms with Crippen molar-refractivity contribution in [3.05, 3.63) is 12.2 Å². The number of ether oxygens (including phenoxy) is 1. The van der Waals surface area contributed by atoms with Gasteiger partial charge in [0.15, 0.2) is 0 Å². The average molecular weight is 508 g/mol. The van der Waals surface area contributed by atoms with E-state index in [-0.39, 0.29) is 0 Å². The predicted molar refractivity (Wildman–Crippen MR) is 164 cm³/mol. The SMILES string of the molecule is CCCCCCCCCC(CCN(C)C)COCCCCCCCCC=CCCC(C)CCCCC. The maximum atomic E-state index is 6.14. The van der Waals surface area contributed by atoms with Crippen molar-refractivity contribution >= 4 is 0 Å². The molecule has 2 nitrogen and oxygen atoms in total. The maximum absolute atomic E-state index is 6.14. The zero-order chi connectivity index (χ0) is 26.5. The lowest BCUT2D eigenvalue weighted by Gasteiger charge is -2.19. The molecule has 2 heteroatoms. The molecule has 0 rings (SSSR count). The second kappa shape index (κ2) is 29.2. The molecule has 0 saturated carbocycles. The van der Waals surface area contributed by atoms with Crippen LogP contribution in [-0.4, -0.2) is 38.8 Å². The van der Waals surface area contributed by atoms with Crippen molar-refractivity contribution in [1.29, 1.82) is 0 Å². The van der Waals surface area contributed by atoms with E-state index in [4.69, 9.17) is 4.74 Å². The van der Waals surface area contributed by atoms with Crippen molar-refractivity contribution in [3.8, 4) is 0 Å². The van der Waals surface area contributed by atoms with Gasteiger partial charge in [-0.2, -0.15) is 0 Å². The highest BCUT2D eigenvalue weighted by Gasteiger charge is 2.10. The van der Waals surface area contributed by atoms with E-state index in [0.29, 0.717) is 0 Å². The van der Waals surface area contributed by atoms with Crippen LogP contribution in [0.3, 0.4) is 0 Å². The summed E-state index contributed by atoms with van der Waals surface area (Å²) in [5, 5.41) is 0. The van der Waals surface area contributed by atoms with Crippen molar-refractivity contribution in [2.24, 2.45) is 11.8 Å². The van der Waals surface area contributed by atoms with Gasteiger partial charge in [-0.1, -0.05) is 129 Å². The van der Waals surface area contributed by atoms with Crippen LogP contribution in [0.5, 0.6) is 0 Å². The summed E-state index contributed by atoms with van der Waals surface area (Å²) < 4.78 is 6.14. The van der Waals surface area contributed by atoms with E-state index >= 15 is 0 Å². The second-order valence-electron chi connectivity index (χ2n) is 12.0. The third-order valence-electron chi connectivity index (χ3n) is 7.76. The van der Waals surface area contributed by atoms with Crippen LogP contribution in [-0.2, 0) is 4.74 Å². The molecular formula is C34H69NO. The van der Waals surface area contributed by atoms with Gasteiger partial charge in [-0.15, -0.1) is 0 Å². The minimum Gasteiger partial charge on any atom is -0.381 e. The van der Waals surface area contributed by atoms with Gasteiger partial charge in [-0.05, 0) is 77.4 Å². The van der Waals surface area contributed by atoms with Crippen molar-refractivity contribution in [2.75, 3.05) is 33.9 Å². The fraction of sp³-hybridized carbons (Fsp3) is 0.941. The third kappa shape index (κ3) is 28.2. The van der Waals surface area contributed by atoms with E-state index < -0.39 is 0 Å². The molecule has 0 heterocycles. The molecule has 0 aromatic rings. The molecule has 0 aliphatic heterocycles. The first-order valence-corrected chi connectivity index (χ1v) is 16.5. The largest absolute Gasteiger partial charge is 0.381 e. The molecule has 2 atom stereocenters. The number of rotatable bonds is 29. The van der Waals surface area contributed by atoms with Gasteiger partial charge in [-0.25, -0.2) is 0 Å². The molecule has 36 heavy (non-hydrogen) atoms. The Hall–Kier alpha value is -0.340. The molecule has 0 aliphatic carbocycles. The zero-order valence-electron chi connectivity index (χ0n) is 25.8. The molecule has 0 aromatic carbocycles. The maximum Gasteiger partial charge on any atom is 0.0494 e. The van der Waals surface area contributed by atoms with Crippen LogP contribution in [0.2, 0.25) is 0 Å². The van der Waals surface area contributed by atoms with Crippen LogP contribution < -0.4 is 0 Å². The van der Waals surface area contributed by atoms with E-state index in [1.807, 2.05) is 0 Å². The van der Waals surface area contributed by atoms with Gasteiger partial charge in [0.1, 0.15) is 0 Å². The smallest absolute Gasteiger partial charge is 0.0494 e. The number of hydrogen-bond acceptors (Lipinski definition) is 2. The Morgan fingerprint density at radius 2 is 1.14 bits per heavy atom. The molecule has 0 amide bonds. The molecule has 0 aromatic heterocycles. The fourth-order valence-corrected chi connectivity index (χ4v) is 5.07. The highest BCUT2D eigenvalue weighted by molar-refractivity contribution is 4.82. The van der Waals surface area contributed by atoms with E-state index in [1.165, 1.54) is 148 Å². The minimum absolute atomic E-state index is 0.750. The Morgan fingerprint density at radius 1 is 0.583 bits per heavy atom. The number of unbranched alkanes of at least 4 members (excludes halogenated alkanes) is 14. The monoisotopic (exact) mass is 508 g/mol. The Bertz CT molecular complexity index is 433. The normalized spacial score (nSPS) is 13.7. The van der Waals surface area contributed by atoms with E-state index in [0.717, 1.165) is 25.0 Å². The van der Waals surface area contributed by atoms with E-state index in [9.17, 15) is 0 Å². The third-order valence-corrected chi connectivity index (χ3v) is 7.76. The zero-order valence-corrected chi connectivity index (χ0v) is 25.8. The number of nitrogens with zero attached hydrogens (tertiary/aromatic N) is 1. The van der Waals surface area contributed by atoms with Gasteiger partial charge in [0.05, 0.1) is 0 Å². The van der Waals surface area contributed by atoms with Crippen LogP contribution >= 0.6 is 0 Å². The lowest BCUT2D eigenvalue weighted by Crippen LogP contribution is -2.20. The highest BCUT2D eigenvalue weighted by Crippen LogP contribution is 2.18. The van der Waals surface area contributed by atoms with Crippen LogP contribution in [0.4, 0.5) is 0 Å². The van der Waals surface area contributed by atoms with Crippen LogP contribution in [0.25, 0.3) is 0 Å². The molecule has 0 radical (unpaired) electrons. The molecule has 2 unspecified atom stereocenters. The summed E-state index contributed by atoms with van der Waals surface area (Å²) in [7, 11) is 4.39. The molecule has 0 N–H and O–H groups in total. The van der Waals surface area contributed by atoms with Gasteiger partial charge in [-0.3, -0.25) is 0 Å². The lowest BCUT2D eigenvalue weighted by molar-refractivity contribution is 0.0860. The minimum atomic E-state index is 0.750. The Morgan fingerprint density at radius 3 is 1.83 bits per heavy atom. The molecule has 0 bridgehead atoms. The van der Waals surface area contributed by atoms with Crippen molar-refractivity contribution in [1.82, 2.24) is 4.90 Å². The van der Waals surface area contributed by atoms with Gasteiger partial charge in [0.2, 0.25) is 0 Å². The van der Waals surface area contributed by atoms with E-state index in [1.54, 1.807) is 0 Å². The van der Waals surface area contributed by atoms with Gasteiger partial charge in [0.25, 0.3) is 0 Å². The van der Waals surface area contributed by atoms with Crippen LogP contribution in [0.1, 0.15) is 162 Å². The molecule has 0 aliphatic rings. The van der Waals surface area contributed by atoms with Gasteiger partial charge < -0.3 is 9.64 Å². The molecule has 0 fully saturated rings. The topological polar surface area (TPSA) is 12.5 Å². The molecule has 0 spiro atoms. The molecular weight excluding hydrogens is 438 g/mol. The van der Waals surface area contributed by atoms with Crippen molar-refractivity contribution in [2.45, 2.75) is 162 Å². The summed E-state index contributed by atoms with van der Waals surface area (Å²) in [4.78, 5) is 2.32. The molecule has 0 saturated heterocycles. The Labute approximate surface area is 229 Å². The van der Waals surface area contributed by atoms with Crippen LogP contribution in [0, 0.1) is 11.8 Å². The number of allylic oxidation sites excluding steroid dienone is 2. The average Bonchev–Trinajstić information content (AvgIpc) is 2.86. The first-order valence-electron chi connectivity index (χ1n) is 16.5. The summed E-state index contributed by atoms with van der Waals surface area (Å²) in [5.74, 6) is 1.65. The summed E-state index contributed by atoms with van der Waals surface area (Å²) in [6.07, 6.45) is 35.0. The first kappa shape index (κ1) is 35.7. The van der Waals surface area contributed by atoms with Crippen molar-refractivity contribution in [3.63, 3.8) is 0 Å². The Balaban J connectivity index is 3.60. The van der Waals surface area contributed by atoms with Crippen molar-refractivity contribution < 1.29 is 4.74 Å². The number of hydrogen-bond donors (Lipinski definition) is 0. The summed E-state index contributed by atoms with van der Waals surface area (Å²) in [6.45, 7) is 10.2. The fourth-order valence-electron chi connectivity index (χ4n) is 5.07. The first-order chi connectivity index (χ1) is 17.6. The van der Waals surface area contributed by atoms with Gasteiger partial charge in [0, 0.05) is 13.2 Å². The Kier molecular flexibility index (Phi) is 28.9. The summed E-state index contributed by atoms with van der Waals surface area (Å²) in [5.41, 5.74) is 0. The lowest BCUT2D eigenvalue weighted by atomic mass is 9.97. The van der Waals surface area contributed by atoms with E-state index in [2.05, 4.69) is 51.9 Å². The van der Waals surface area contributed by atoms with Gasteiger partial charge >= 0.3 is 0 Å².